The van der Waals surface area contributed by atoms with Gasteiger partial charge in [-0.15, -0.1) is 5.10 Å². The van der Waals surface area contributed by atoms with Crippen molar-refractivity contribution in [1.29, 1.82) is 5.26 Å². The highest BCUT2D eigenvalue weighted by atomic mass is 35.5. The van der Waals surface area contributed by atoms with Gasteiger partial charge >= 0.3 is 0 Å². The number of carbonyl (C=O) groups is 2. The molecular formula is C26H26ClN9O2. The van der Waals surface area contributed by atoms with Crippen LogP contribution < -0.4 is 10.6 Å². The lowest BCUT2D eigenvalue weighted by atomic mass is 10.0. The molecule has 4 aromatic rings. The molecule has 194 valence electrons. The first-order valence-corrected chi connectivity index (χ1v) is 12.1. The van der Waals surface area contributed by atoms with Gasteiger partial charge in [-0.25, -0.2) is 14.3 Å². The largest absolute Gasteiger partial charge is 0.347 e. The van der Waals surface area contributed by atoms with Gasteiger partial charge in [0.15, 0.2) is 5.82 Å². The number of aromatic nitrogens is 6. The summed E-state index contributed by atoms with van der Waals surface area (Å²) in [7, 11) is 0. The summed E-state index contributed by atoms with van der Waals surface area (Å²) in [6, 6.07) is 10.0. The van der Waals surface area contributed by atoms with E-state index in [0.29, 0.717) is 21.8 Å². The Bertz CT molecular complexity index is 1570. The molecule has 3 aromatic heterocycles. The highest BCUT2D eigenvalue weighted by Crippen LogP contribution is 2.26. The molecule has 4 rings (SSSR count). The molecule has 0 radical (unpaired) electrons. The van der Waals surface area contributed by atoms with E-state index in [1.54, 1.807) is 48.3 Å². The van der Waals surface area contributed by atoms with Crippen molar-refractivity contribution in [3.8, 4) is 11.9 Å². The fraction of sp³-hybridized carbons (Fsp3) is 0.269. The zero-order valence-electron chi connectivity index (χ0n) is 21.6. The number of nitriles is 1. The van der Waals surface area contributed by atoms with Crippen LogP contribution >= 0.6 is 11.6 Å². The Hall–Kier alpha value is -4.56. The molecule has 0 spiro atoms. The Morgan fingerprint density at radius 2 is 1.92 bits per heavy atom. The molecule has 0 aliphatic heterocycles. The Morgan fingerprint density at radius 3 is 2.55 bits per heavy atom. The lowest BCUT2D eigenvalue weighted by molar-refractivity contribution is 0.0920. The summed E-state index contributed by atoms with van der Waals surface area (Å²) < 4.78 is 2.95. The van der Waals surface area contributed by atoms with Crippen LogP contribution in [0.3, 0.4) is 0 Å². The maximum atomic E-state index is 13.7. The van der Waals surface area contributed by atoms with Crippen molar-refractivity contribution < 1.29 is 9.59 Å². The molecule has 1 aromatic carbocycles. The molecule has 0 saturated heterocycles. The number of halogens is 1. The van der Waals surface area contributed by atoms with E-state index in [9.17, 15) is 14.9 Å². The SMILES string of the molecule is Cc1cn(Cc2cc(C(=O)Nc3c(C)cc(C#N)cc3C(=O)NC(C)(C)C)n(-c3ncccc3Cl)n2)nn1. The molecule has 0 bridgehead atoms. The minimum absolute atomic E-state index is 0.142. The molecule has 3 heterocycles. The van der Waals surface area contributed by atoms with Crippen molar-refractivity contribution in [1.82, 2.24) is 35.1 Å². The second-order valence-corrected chi connectivity index (χ2v) is 10.2. The van der Waals surface area contributed by atoms with Crippen molar-refractivity contribution >= 4 is 29.1 Å². The van der Waals surface area contributed by atoms with Crippen LogP contribution in [0.25, 0.3) is 5.82 Å². The summed E-state index contributed by atoms with van der Waals surface area (Å²) in [5.74, 6) is -0.697. The molecule has 0 unspecified atom stereocenters. The van der Waals surface area contributed by atoms with Crippen molar-refractivity contribution in [2.75, 3.05) is 5.32 Å². The van der Waals surface area contributed by atoms with Gasteiger partial charge in [0, 0.05) is 17.9 Å². The van der Waals surface area contributed by atoms with Gasteiger partial charge in [0.25, 0.3) is 11.8 Å². The van der Waals surface area contributed by atoms with Crippen molar-refractivity contribution in [3.63, 3.8) is 0 Å². The summed E-state index contributed by atoms with van der Waals surface area (Å²) in [6.45, 7) is 9.33. The number of benzene rings is 1. The number of carbonyl (C=O) groups excluding carboxylic acids is 2. The Labute approximate surface area is 224 Å². The topological polar surface area (TPSA) is 143 Å². The van der Waals surface area contributed by atoms with E-state index in [0.717, 1.165) is 5.69 Å². The van der Waals surface area contributed by atoms with E-state index >= 15 is 0 Å². The standard InChI is InChI=1S/C26H26ClN9O2/c1-15-9-17(12-28)10-19(24(37)31-26(3,4)5)22(15)30-25(38)21-11-18(14-35-13-16(2)32-34-35)33-36(21)23-20(27)7-6-8-29-23/h6-11,13H,14H2,1-5H3,(H,30,38)(H,31,37). The summed E-state index contributed by atoms with van der Waals surface area (Å²) in [5, 5.41) is 28.1. The minimum atomic E-state index is -0.544. The molecule has 0 aliphatic carbocycles. The van der Waals surface area contributed by atoms with E-state index in [4.69, 9.17) is 11.6 Å². The molecule has 11 nitrogen and oxygen atoms in total. The maximum absolute atomic E-state index is 13.7. The molecule has 0 fully saturated rings. The first-order valence-electron chi connectivity index (χ1n) is 11.7. The molecular weight excluding hydrogens is 506 g/mol. The number of pyridine rings is 1. The predicted octanol–water partition coefficient (Wildman–Crippen LogP) is 3.83. The Balaban J connectivity index is 1.77. The third kappa shape index (κ3) is 5.87. The van der Waals surface area contributed by atoms with E-state index in [-0.39, 0.29) is 29.3 Å². The molecule has 12 heteroatoms. The van der Waals surface area contributed by atoms with Gasteiger partial charge < -0.3 is 10.6 Å². The van der Waals surface area contributed by atoms with Crippen molar-refractivity contribution in [2.45, 2.75) is 46.7 Å². The number of hydrogen-bond donors (Lipinski definition) is 2. The first kappa shape index (κ1) is 26.5. The third-order valence-electron chi connectivity index (χ3n) is 5.35. The van der Waals surface area contributed by atoms with Crippen LogP contribution in [0.5, 0.6) is 0 Å². The van der Waals surface area contributed by atoms with Gasteiger partial charge in [-0.05, 0) is 70.5 Å². The first-order chi connectivity index (χ1) is 17.9. The molecule has 2 N–H and O–H groups in total. The normalized spacial score (nSPS) is 11.2. The monoisotopic (exact) mass is 531 g/mol. The van der Waals surface area contributed by atoms with E-state index < -0.39 is 17.4 Å². The minimum Gasteiger partial charge on any atom is -0.347 e. The number of nitrogens with zero attached hydrogens (tertiary/aromatic N) is 7. The second-order valence-electron chi connectivity index (χ2n) is 9.78. The Kier molecular flexibility index (Phi) is 7.28. The second kappa shape index (κ2) is 10.4. The zero-order valence-corrected chi connectivity index (χ0v) is 22.3. The number of aryl methyl sites for hydroxylation is 2. The van der Waals surface area contributed by atoms with E-state index in [2.05, 4.69) is 37.1 Å². The average molecular weight is 532 g/mol. The maximum Gasteiger partial charge on any atom is 0.274 e. The highest BCUT2D eigenvalue weighted by Gasteiger charge is 2.24. The molecule has 0 saturated carbocycles. The number of rotatable bonds is 6. The lowest BCUT2D eigenvalue weighted by Crippen LogP contribution is -2.41. The van der Waals surface area contributed by atoms with Crippen LogP contribution in [0.1, 0.15) is 64.1 Å². The van der Waals surface area contributed by atoms with Crippen LogP contribution in [-0.2, 0) is 6.54 Å². The van der Waals surface area contributed by atoms with Crippen LogP contribution in [-0.4, -0.2) is 47.1 Å². The van der Waals surface area contributed by atoms with Gasteiger partial charge in [-0.3, -0.25) is 9.59 Å². The summed E-state index contributed by atoms with van der Waals surface area (Å²) in [5.41, 5.74) is 2.18. The highest BCUT2D eigenvalue weighted by molar-refractivity contribution is 6.32. The molecule has 0 atom stereocenters. The number of anilines is 1. The van der Waals surface area contributed by atoms with Crippen molar-refractivity contribution in [3.05, 3.63) is 81.5 Å². The van der Waals surface area contributed by atoms with Gasteiger partial charge in [-0.2, -0.15) is 10.4 Å². The van der Waals surface area contributed by atoms with Gasteiger partial charge in [0.2, 0.25) is 0 Å². The van der Waals surface area contributed by atoms with Gasteiger partial charge in [-0.1, -0.05) is 16.8 Å². The lowest BCUT2D eigenvalue weighted by Gasteiger charge is -2.22. The summed E-state index contributed by atoms with van der Waals surface area (Å²) >= 11 is 6.39. The average Bonchev–Trinajstić information content (AvgIpc) is 3.45. The fourth-order valence-electron chi connectivity index (χ4n) is 3.78. The Morgan fingerprint density at radius 1 is 1.16 bits per heavy atom. The number of hydrogen-bond acceptors (Lipinski definition) is 7. The van der Waals surface area contributed by atoms with Crippen LogP contribution in [0, 0.1) is 25.2 Å². The van der Waals surface area contributed by atoms with Crippen LogP contribution in [0.4, 0.5) is 5.69 Å². The third-order valence-corrected chi connectivity index (χ3v) is 5.64. The van der Waals surface area contributed by atoms with Crippen LogP contribution in [0.15, 0.2) is 42.7 Å². The van der Waals surface area contributed by atoms with E-state index in [1.807, 2.05) is 27.7 Å². The molecule has 2 amide bonds. The van der Waals surface area contributed by atoms with E-state index in [1.165, 1.54) is 10.7 Å². The van der Waals surface area contributed by atoms with Gasteiger partial charge in [0.05, 0.1) is 45.8 Å². The summed E-state index contributed by atoms with van der Waals surface area (Å²) in [6.07, 6.45) is 3.30. The summed E-state index contributed by atoms with van der Waals surface area (Å²) in [4.78, 5) is 31.1. The number of amides is 2. The van der Waals surface area contributed by atoms with Crippen LogP contribution in [0.2, 0.25) is 5.02 Å². The fourth-order valence-corrected chi connectivity index (χ4v) is 3.99. The van der Waals surface area contributed by atoms with Gasteiger partial charge in [0.1, 0.15) is 5.69 Å². The number of nitrogens with one attached hydrogen (secondary N) is 2. The molecule has 0 aliphatic rings. The quantitative estimate of drug-likeness (QED) is 0.384. The molecule has 38 heavy (non-hydrogen) atoms. The smallest absolute Gasteiger partial charge is 0.274 e. The van der Waals surface area contributed by atoms with Crippen molar-refractivity contribution in [2.24, 2.45) is 0 Å². The predicted molar refractivity (Wildman–Crippen MR) is 141 cm³/mol. The zero-order chi connectivity index (χ0) is 27.6.